The Balaban J connectivity index is 1.73. The van der Waals surface area contributed by atoms with Gasteiger partial charge in [0.1, 0.15) is 0 Å². The smallest absolute Gasteiger partial charge is 0.311 e. The molecule has 2 atom stereocenters. The van der Waals surface area contributed by atoms with Gasteiger partial charge in [0.25, 0.3) is 0 Å². The highest BCUT2D eigenvalue weighted by molar-refractivity contribution is 7.13. The first-order valence-corrected chi connectivity index (χ1v) is 7.55. The highest BCUT2D eigenvalue weighted by Gasteiger charge is 2.37. The number of methoxy groups -OCH3 is 1. The minimum absolute atomic E-state index is 0.238. The zero-order valence-electron chi connectivity index (χ0n) is 11.0. The summed E-state index contributed by atoms with van der Waals surface area (Å²) >= 11 is 1.61. The van der Waals surface area contributed by atoms with Crippen LogP contribution in [0.5, 0.6) is 0 Å². The van der Waals surface area contributed by atoms with Crippen molar-refractivity contribution in [1.29, 1.82) is 0 Å². The van der Waals surface area contributed by atoms with E-state index in [9.17, 15) is 4.79 Å². The first-order valence-electron chi connectivity index (χ1n) is 6.67. The van der Waals surface area contributed by atoms with Crippen LogP contribution in [-0.2, 0) is 20.7 Å². The van der Waals surface area contributed by atoms with E-state index in [-0.39, 0.29) is 12.4 Å². The average Bonchev–Trinajstić information content (AvgIpc) is 3.06. The molecule has 5 nitrogen and oxygen atoms in total. The molecule has 0 N–H and O–H groups in total. The van der Waals surface area contributed by atoms with Crippen molar-refractivity contribution < 1.29 is 14.3 Å². The second-order valence-electron chi connectivity index (χ2n) is 4.98. The molecule has 1 aromatic heterocycles. The Morgan fingerprint density at radius 2 is 2.53 bits per heavy atom. The minimum atomic E-state index is -0.238. The molecule has 2 unspecified atom stereocenters. The maximum Gasteiger partial charge on any atom is 0.311 e. The molecule has 2 heterocycles. The van der Waals surface area contributed by atoms with Gasteiger partial charge in [-0.05, 0) is 19.3 Å². The molecule has 0 radical (unpaired) electrons. The number of esters is 1. The summed E-state index contributed by atoms with van der Waals surface area (Å²) in [6.07, 6.45) is 4.18. The van der Waals surface area contributed by atoms with Crippen LogP contribution >= 0.6 is 11.3 Å². The van der Waals surface area contributed by atoms with Gasteiger partial charge >= 0.3 is 5.97 Å². The molecule has 1 aliphatic heterocycles. The van der Waals surface area contributed by atoms with E-state index in [0.29, 0.717) is 12.1 Å². The minimum Gasteiger partial charge on any atom is -0.469 e. The molecule has 0 amide bonds. The van der Waals surface area contributed by atoms with Gasteiger partial charge in [-0.2, -0.15) is 0 Å². The fourth-order valence-electron chi connectivity index (χ4n) is 2.89. The van der Waals surface area contributed by atoms with Crippen LogP contribution in [-0.4, -0.2) is 43.4 Å². The summed E-state index contributed by atoms with van der Waals surface area (Å²) < 4.78 is 10.5. The number of nitrogens with zero attached hydrogens (tertiary/aromatic N) is 2. The van der Waals surface area contributed by atoms with Gasteiger partial charge in [0.05, 0.1) is 38.0 Å². The van der Waals surface area contributed by atoms with E-state index in [1.807, 2.05) is 5.38 Å². The molecule has 1 saturated carbocycles. The largest absolute Gasteiger partial charge is 0.469 e. The van der Waals surface area contributed by atoms with Gasteiger partial charge in [-0.3, -0.25) is 4.79 Å². The van der Waals surface area contributed by atoms with Crippen molar-refractivity contribution in [1.82, 2.24) is 4.98 Å². The number of hydrogen-bond donors (Lipinski definition) is 0. The van der Waals surface area contributed by atoms with E-state index in [0.717, 1.165) is 30.4 Å². The molecular formula is C13H18N2O3S. The average molecular weight is 282 g/mol. The van der Waals surface area contributed by atoms with E-state index in [1.165, 1.54) is 20.0 Å². The first-order chi connectivity index (χ1) is 9.28. The standard InChI is InChI=1S/C13H18N2O3S/c1-17-12(16)7-9-8-19-13(14-9)15-5-6-18-11-4-2-3-10(11)15/h8,10-11H,2-7H2,1H3. The highest BCUT2D eigenvalue weighted by atomic mass is 32.1. The predicted octanol–water partition coefficient (Wildman–Crippen LogP) is 1.62. The van der Waals surface area contributed by atoms with E-state index >= 15 is 0 Å². The van der Waals surface area contributed by atoms with Crippen LogP contribution in [0.3, 0.4) is 0 Å². The lowest BCUT2D eigenvalue weighted by Gasteiger charge is -2.37. The third-order valence-corrected chi connectivity index (χ3v) is 4.75. The maximum atomic E-state index is 11.3. The molecule has 1 aromatic rings. The van der Waals surface area contributed by atoms with Crippen molar-refractivity contribution in [2.75, 3.05) is 25.2 Å². The molecule has 0 aromatic carbocycles. The van der Waals surface area contributed by atoms with Crippen molar-refractivity contribution in [2.45, 2.75) is 37.8 Å². The Hall–Kier alpha value is -1.14. The van der Waals surface area contributed by atoms with Crippen molar-refractivity contribution in [3.05, 3.63) is 11.1 Å². The summed E-state index contributed by atoms with van der Waals surface area (Å²) in [7, 11) is 1.40. The fraction of sp³-hybridized carbons (Fsp3) is 0.692. The normalized spacial score (nSPS) is 26.3. The van der Waals surface area contributed by atoms with Crippen molar-refractivity contribution in [3.63, 3.8) is 0 Å². The second-order valence-corrected chi connectivity index (χ2v) is 5.81. The Labute approximate surface area is 116 Å². The van der Waals surface area contributed by atoms with Gasteiger partial charge < -0.3 is 14.4 Å². The molecule has 19 heavy (non-hydrogen) atoms. The fourth-order valence-corrected chi connectivity index (χ4v) is 3.80. The van der Waals surface area contributed by atoms with Crippen LogP contribution in [0.25, 0.3) is 0 Å². The van der Waals surface area contributed by atoms with E-state index in [1.54, 1.807) is 11.3 Å². The molecule has 104 valence electrons. The third-order valence-electron chi connectivity index (χ3n) is 3.82. The molecule has 2 fully saturated rings. The third kappa shape index (κ3) is 2.60. The number of anilines is 1. The van der Waals surface area contributed by atoms with Crippen LogP contribution < -0.4 is 4.90 Å². The summed E-state index contributed by atoms with van der Waals surface area (Å²) in [5.41, 5.74) is 0.799. The van der Waals surface area contributed by atoms with Gasteiger partial charge in [-0.15, -0.1) is 11.3 Å². The quantitative estimate of drug-likeness (QED) is 0.789. The zero-order chi connectivity index (χ0) is 13.2. The molecule has 1 aliphatic carbocycles. The van der Waals surface area contributed by atoms with Crippen LogP contribution in [0.15, 0.2) is 5.38 Å². The van der Waals surface area contributed by atoms with Crippen molar-refractivity contribution in [2.24, 2.45) is 0 Å². The van der Waals surface area contributed by atoms with Gasteiger partial charge in [0.15, 0.2) is 5.13 Å². The molecule has 1 saturated heterocycles. The summed E-state index contributed by atoms with van der Waals surface area (Å²) in [5.74, 6) is -0.238. The van der Waals surface area contributed by atoms with Gasteiger partial charge in [0.2, 0.25) is 0 Å². The van der Waals surface area contributed by atoms with Crippen LogP contribution in [0, 0.1) is 0 Å². The van der Waals surface area contributed by atoms with E-state index < -0.39 is 0 Å². The number of hydrogen-bond acceptors (Lipinski definition) is 6. The summed E-state index contributed by atoms with van der Waals surface area (Å²) in [5, 5.41) is 2.96. The lowest BCUT2D eigenvalue weighted by Crippen LogP contribution is -2.48. The highest BCUT2D eigenvalue weighted by Crippen LogP contribution is 2.34. The first kappa shape index (κ1) is 12.9. The second kappa shape index (κ2) is 5.46. The summed E-state index contributed by atoms with van der Waals surface area (Å²) in [6.45, 7) is 1.67. The number of carbonyl (C=O) groups is 1. The number of ether oxygens (including phenoxy) is 2. The molecule has 0 spiro atoms. The number of carbonyl (C=O) groups excluding carboxylic acids is 1. The topological polar surface area (TPSA) is 51.7 Å². The lowest BCUT2D eigenvalue weighted by atomic mass is 10.1. The number of aromatic nitrogens is 1. The van der Waals surface area contributed by atoms with Gasteiger partial charge in [-0.1, -0.05) is 0 Å². The summed E-state index contributed by atoms with van der Waals surface area (Å²) in [4.78, 5) is 18.2. The van der Waals surface area contributed by atoms with Gasteiger partial charge in [0, 0.05) is 11.9 Å². The Kier molecular flexibility index (Phi) is 3.70. The lowest BCUT2D eigenvalue weighted by molar-refractivity contribution is -0.139. The Morgan fingerprint density at radius 1 is 1.63 bits per heavy atom. The molecule has 0 bridgehead atoms. The predicted molar refractivity (Wildman–Crippen MR) is 72.6 cm³/mol. The van der Waals surface area contributed by atoms with Crippen molar-refractivity contribution >= 4 is 22.4 Å². The summed E-state index contributed by atoms with van der Waals surface area (Å²) in [6, 6.07) is 0.464. The number of morpholine rings is 1. The van der Waals surface area contributed by atoms with E-state index in [4.69, 9.17) is 4.74 Å². The van der Waals surface area contributed by atoms with Crippen molar-refractivity contribution in [3.8, 4) is 0 Å². The molecular weight excluding hydrogens is 264 g/mol. The SMILES string of the molecule is COC(=O)Cc1csc(N2CCOC3CCCC32)n1. The van der Waals surface area contributed by atoms with Crippen LogP contribution in [0.4, 0.5) is 5.13 Å². The van der Waals surface area contributed by atoms with Gasteiger partial charge in [-0.25, -0.2) is 4.98 Å². The Morgan fingerprint density at radius 3 is 3.37 bits per heavy atom. The van der Waals surface area contributed by atoms with Crippen LogP contribution in [0.2, 0.25) is 0 Å². The number of thiazole rings is 1. The monoisotopic (exact) mass is 282 g/mol. The zero-order valence-corrected chi connectivity index (χ0v) is 11.8. The molecule has 6 heteroatoms. The molecule has 3 rings (SSSR count). The van der Waals surface area contributed by atoms with Crippen LogP contribution in [0.1, 0.15) is 25.0 Å². The number of rotatable bonds is 3. The van der Waals surface area contributed by atoms with E-state index in [2.05, 4.69) is 14.6 Å². The number of fused-ring (bicyclic) bond motifs is 1. The molecule has 2 aliphatic rings. The Bertz CT molecular complexity index is 462. The maximum absolute atomic E-state index is 11.3.